The van der Waals surface area contributed by atoms with Gasteiger partial charge in [0, 0.05) is 0 Å². The van der Waals surface area contributed by atoms with Crippen LogP contribution in [0, 0.1) is 19.8 Å². The Morgan fingerprint density at radius 1 is 1.08 bits per heavy atom. The number of ether oxygens (including phenoxy) is 1. The molecule has 0 saturated heterocycles. The molecule has 1 aliphatic carbocycles. The highest BCUT2D eigenvalue weighted by Gasteiger charge is 2.29. The van der Waals surface area contributed by atoms with Crippen LogP contribution in [0.2, 0.25) is 0 Å². The fourth-order valence-electron chi connectivity index (χ4n) is 3.92. The summed E-state index contributed by atoms with van der Waals surface area (Å²) in [5, 5.41) is 10.6. The molecule has 0 amide bonds. The van der Waals surface area contributed by atoms with Crippen LogP contribution in [0.25, 0.3) is 0 Å². The van der Waals surface area contributed by atoms with Crippen LogP contribution >= 0.6 is 0 Å². The number of aliphatic hydroxyl groups is 1. The molecule has 0 unspecified atom stereocenters. The zero-order valence-corrected chi connectivity index (χ0v) is 15.2. The summed E-state index contributed by atoms with van der Waals surface area (Å²) < 4.78 is 6.05. The molecule has 0 radical (unpaired) electrons. The summed E-state index contributed by atoms with van der Waals surface area (Å²) in [6.07, 6.45) is 4.13. The van der Waals surface area contributed by atoms with Gasteiger partial charge in [0.1, 0.15) is 12.4 Å². The van der Waals surface area contributed by atoms with Gasteiger partial charge in [-0.05, 0) is 54.9 Å². The summed E-state index contributed by atoms with van der Waals surface area (Å²) >= 11 is 0. The van der Waals surface area contributed by atoms with E-state index in [1.54, 1.807) is 0 Å². The third-order valence-corrected chi connectivity index (χ3v) is 5.34. The molecule has 2 atom stereocenters. The van der Waals surface area contributed by atoms with Crippen molar-refractivity contribution in [3.05, 3.63) is 64.7 Å². The van der Waals surface area contributed by atoms with Crippen molar-refractivity contribution in [2.75, 3.05) is 0 Å². The van der Waals surface area contributed by atoms with Gasteiger partial charge in [0.25, 0.3) is 0 Å². The summed E-state index contributed by atoms with van der Waals surface area (Å²) in [5.41, 5.74) is 10.7. The van der Waals surface area contributed by atoms with E-state index >= 15 is 0 Å². The molecule has 0 aliphatic heterocycles. The lowest BCUT2D eigenvalue weighted by Crippen LogP contribution is -2.32. The highest BCUT2D eigenvalue weighted by atomic mass is 16.5. The minimum absolute atomic E-state index is 0.330. The first-order chi connectivity index (χ1) is 12.1. The smallest absolute Gasteiger partial charge is 0.125 e. The van der Waals surface area contributed by atoms with E-state index in [9.17, 15) is 5.11 Å². The molecule has 3 N–H and O–H groups in total. The predicted molar refractivity (Wildman–Crippen MR) is 102 cm³/mol. The van der Waals surface area contributed by atoms with Gasteiger partial charge >= 0.3 is 0 Å². The summed E-state index contributed by atoms with van der Waals surface area (Å²) in [6.45, 7) is 4.65. The largest absolute Gasteiger partial charge is 0.488 e. The summed E-state index contributed by atoms with van der Waals surface area (Å²) in [7, 11) is 0. The van der Waals surface area contributed by atoms with Gasteiger partial charge < -0.3 is 15.6 Å². The maximum Gasteiger partial charge on any atom is 0.125 e. The fourth-order valence-corrected chi connectivity index (χ4v) is 3.92. The lowest BCUT2D eigenvalue weighted by Gasteiger charge is -2.26. The molecule has 0 spiro atoms. The Morgan fingerprint density at radius 2 is 1.68 bits per heavy atom. The number of hydrogen-bond acceptors (Lipinski definition) is 3. The zero-order valence-electron chi connectivity index (χ0n) is 15.2. The molecular formula is C22H29NO2. The lowest BCUT2D eigenvalue weighted by molar-refractivity contribution is 0.0844. The van der Waals surface area contributed by atoms with Crippen molar-refractivity contribution in [2.45, 2.75) is 58.3 Å². The molecule has 3 heteroatoms. The van der Waals surface area contributed by atoms with E-state index in [4.69, 9.17) is 10.5 Å². The second kappa shape index (κ2) is 8.03. The molecule has 0 heterocycles. The molecule has 2 aromatic carbocycles. The van der Waals surface area contributed by atoms with Crippen LogP contribution < -0.4 is 10.5 Å². The molecule has 3 rings (SSSR count). The monoisotopic (exact) mass is 339 g/mol. The SMILES string of the molecule is Cc1cc([C@@H](N)[C@@H](O)C2CCCC2)cc(C)c1OCc1ccccc1. The van der Waals surface area contributed by atoms with Crippen LogP contribution in [0.4, 0.5) is 0 Å². The number of benzene rings is 2. The van der Waals surface area contributed by atoms with Crippen LogP contribution in [0.5, 0.6) is 5.75 Å². The van der Waals surface area contributed by atoms with Crippen molar-refractivity contribution in [2.24, 2.45) is 11.7 Å². The second-order valence-corrected chi connectivity index (χ2v) is 7.32. The lowest BCUT2D eigenvalue weighted by atomic mass is 9.89. The van der Waals surface area contributed by atoms with Gasteiger partial charge in [-0.15, -0.1) is 0 Å². The van der Waals surface area contributed by atoms with Gasteiger partial charge in [0.15, 0.2) is 0 Å². The van der Waals surface area contributed by atoms with E-state index < -0.39 is 6.10 Å². The minimum Gasteiger partial charge on any atom is -0.488 e. The molecule has 134 valence electrons. The first-order valence-corrected chi connectivity index (χ1v) is 9.28. The Kier molecular flexibility index (Phi) is 5.77. The zero-order chi connectivity index (χ0) is 17.8. The highest BCUT2D eigenvalue weighted by Crippen LogP contribution is 2.34. The molecule has 1 aliphatic rings. The van der Waals surface area contributed by atoms with Crippen molar-refractivity contribution in [3.8, 4) is 5.75 Å². The predicted octanol–water partition coefficient (Wildman–Crippen LogP) is 4.43. The van der Waals surface area contributed by atoms with Gasteiger partial charge in [-0.1, -0.05) is 55.3 Å². The summed E-state index contributed by atoms with van der Waals surface area (Å²) in [5.74, 6) is 1.25. The van der Waals surface area contributed by atoms with Crippen LogP contribution in [0.3, 0.4) is 0 Å². The molecule has 3 nitrogen and oxygen atoms in total. The van der Waals surface area contributed by atoms with Crippen molar-refractivity contribution in [1.82, 2.24) is 0 Å². The highest BCUT2D eigenvalue weighted by molar-refractivity contribution is 5.44. The fraction of sp³-hybridized carbons (Fsp3) is 0.455. The van der Waals surface area contributed by atoms with Gasteiger partial charge in [0.2, 0.25) is 0 Å². The van der Waals surface area contributed by atoms with Gasteiger partial charge in [-0.25, -0.2) is 0 Å². The molecule has 1 fully saturated rings. The Balaban J connectivity index is 1.73. The van der Waals surface area contributed by atoms with E-state index in [1.165, 1.54) is 12.8 Å². The average molecular weight is 339 g/mol. The third-order valence-electron chi connectivity index (χ3n) is 5.34. The molecule has 0 aromatic heterocycles. The molecular weight excluding hydrogens is 310 g/mol. The van der Waals surface area contributed by atoms with Gasteiger partial charge in [-0.3, -0.25) is 0 Å². The Bertz CT molecular complexity index is 669. The first kappa shape index (κ1) is 18.0. The quantitative estimate of drug-likeness (QED) is 0.818. The molecule has 1 saturated carbocycles. The van der Waals surface area contributed by atoms with Gasteiger partial charge in [0.05, 0.1) is 12.1 Å². The van der Waals surface area contributed by atoms with Crippen molar-refractivity contribution >= 4 is 0 Å². The van der Waals surface area contributed by atoms with Crippen LogP contribution in [0.1, 0.15) is 54.0 Å². The number of aliphatic hydroxyl groups excluding tert-OH is 1. The van der Waals surface area contributed by atoms with E-state index in [1.807, 2.05) is 32.0 Å². The normalized spacial score (nSPS) is 17.4. The van der Waals surface area contributed by atoms with E-state index in [0.717, 1.165) is 40.8 Å². The van der Waals surface area contributed by atoms with Crippen molar-refractivity contribution < 1.29 is 9.84 Å². The number of aryl methyl sites for hydroxylation is 2. The van der Waals surface area contributed by atoms with E-state index in [-0.39, 0.29) is 6.04 Å². The standard InChI is InChI=1S/C22H29NO2/c1-15-12-19(20(23)21(24)18-10-6-7-11-18)13-16(2)22(15)25-14-17-8-4-3-5-9-17/h3-5,8-9,12-13,18,20-21,24H,6-7,10-11,14,23H2,1-2H3/t20-,21+/m1/s1. The van der Waals surface area contributed by atoms with Gasteiger partial charge in [-0.2, -0.15) is 0 Å². The third kappa shape index (κ3) is 4.23. The second-order valence-electron chi connectivity index (χ2n) is 7.32. The number of hydrogen-bond donors (Lipinski definition) is 2. The first-order valence-electron chi connectivity index (χ1n) is 9.28. The van der Waals surface area contributed by atoms with Crippen molar-refractivity contribution in [3.63, 3.8) is 0 Å². The summed E-state index contributed by atoms with van der Waals surface area (Å²) in [4.78, 5) is 0. The minimum atomic E-state index is -0.461. The number of rotatable bonds is 6. The molecule has 0 bridgehead atoms. The van der Waals surface area contributed by atoms with Crippen LogP contribution in [0.15, 0.2) is 42.5 Å². The Morgan fingerprint density at radius 3 is 2.28 bits per heavy atom. The Labute approximate surface area is 150 Å². The maximum absolute atomic E-state index is 10.6. The maximum atomic E-state index is 10.6. The topological polar surface area (TPSA) is 55.5 Å². The van der Waals surface area contributed by atoms with Crippen LogP contribution in [-0.4, -0.2) is 11.2 Å². The number of nitrogens with two attached hydrogens (primary N) is 1. The summed E-state index contributed by atoms with van der Waals surface area (Å²) in [6, 6.07) is 14.0. The van der Waals surface area contributed by atoms with E-state index in [0.29, 0.717) is 12.5 Å². The average Bonchev–Trinajstić information content (AvgIpc) is 3.15. The molecule has 2 aromatic rings. The van der Waals surface area contributed by atoms with Crippen LogP contribution in [-0.2, 0) is 6.61 Å². The van der Waals surface area contributed by atoms with E-state index in [2.05, 4.69) is 24.3 Å². The van der Waals surface area contributed by atoms with Crippen molar-refractivity contribution in [1.29, 1.82) is 0 Å². The Hall–Kier alpha value is -1.84. The molecule has 25 heavy (non-hydrogen) atoms.